The van der Waals surface area contributed by atoms with Crippen molar-refractivity contribution < 1.29 is 0 Å². The highest BCUT2D eigenvalue weighted by Crippen LogP contribution is 2.40. The molecule has 3 aliphatic rings. The zero-order valence-corrected chi connectivity index (χ0v) is 13.6. The van der Waals surface area contributed by atoms with E-state index in [-0.39, 0.29) is 5.54 Å². The molecule has 3 unspecified atom stereocenters. The van der Waals surface area contributed by atoms with Gasteiger partial charge in [-0.05, 0) is 82.8 Å². The summed E-state index contributed by atoms with van der Waals surface area (Å²) in [6, 6.07) is 3.32. The highest BCUT2D eigenvalue weighted by molar-refractivity contribution is 5.16. The van der Waals surface area contributed by atoms with E-state index in [1.54, 1.807) is 0 Å². The van der Waals surface area contributed by atoms with Crippen LogP contribution in [0, 0.1) is 23.2 Å². The molecule has 0 amide bonds. The Labute approximate surface area is 130 Å². The van der Waals surface area contributed by atoms with Gasteiger partial charge >= 0.3 is 0 Å². The number of hydrogen-bond donors (Lipinski definition) is 1. The monoisotopic (exact) mass is 289 g/mol. The van der Waals surface area contributed by atoms with Crippen LogP contribution in [0.15, 0.2) is 0 Å². The van der Waals surface area contributed by atoms with E-state index in [2.05, 4.69) is 23.2 Å². The molecule has 2 aliphatic carbocycles. The number of likely N-dealkylation sites (tertiary alicyclic amines) is 1. The van der Waals surface area contributed by atoms with Crippen molar-refractivity contribution in [3.63, 3.8) is 0 Å². The van der Waals surface area contributed by atoms with Crippen molar-refractivity contribution >= 4 is 0 Å². The Balaban J connectivity index is 1.52. The van der Waals surface area contributed by atoms with Crippen molar-refractivity contribution in [1.82, 2.24) is 10.2 Å². The van der Waals surface area contributed by atoms with E-state index in [4.69, 9.17) is 0 Å². The van der Waals surface area contributed by atoms with Gasteiger partial charge in [0.25, 0.3) is 0 Å². The zero-order valence-electron chi connectivity index (χ0n) is 13.6. The normalized spacial score (nSPS) is 38.1. The molecule has 118 valence electrons. The van der Waals surface area contributed by atoms with Crippen LogP contribution < -0.4 is 5.32 Å². The molecule has 0 radical (unpaired) electrons. The van der Waals surface area contributed by atoms with Gasteiger partial charge in [0.1, 0.15) is 5.54 Å². The van der Waals surface area contributed by atoms with Gasteiger partial charge in [-0.3, -0.25) is 5.32 Å². The van der Waals surface area contributed by atoms with E-state index >= 15 is 0 Å². The highest BCUT2D eigenvalue weighted by Gasteiger charge is 2.45. The third-order valence-corrected chi connectivity index (χ3v) is 5.96. The minimum absolute atomic E-state index is 0.194. The van der Waals surface area contributed by atoms with Gasteiger partial charge in [-0.2, -0.15) is 5.26 Å². The van der Waals surface area contributed by atoms with E-state index in [1.165, 1.54) is 71.0 Å². The molecule has 3 heteroatoms. The molecule has 3 fully saturated rings. The van der Waals surface area contributed by atoms with Gasteiger partial charge in [0.2, 0.25) is 0 Å². The second-order valence-electron chi connectivity index (χ2n) is 7.76. The maximum Gasteiger partial charge on any atom is 0.109 e. The maximum atomic E-state index is 9.75. The Morgan fingerprint density at radius 3 is 2.76 bits per heavy atom. The van der Waals surface area contributed by atoms with Crippen molar-refractivity contribution in [3.8, 4) is 6.07 Å². The molecular weight excluding hydrogens is 258 g/mol. The molecule has 0 bridgehead atoms. The fourth-order valence-electron chi connectivity index (χ4n) is 4.31. The molecule has 1 heterocycles. The van der Waals surface area contributed by atoms with Crippen LogP contribution in [-0.4, -0.2) is 36.1 Å². The molecule has 3 nitrogen and oxygen atoms in total. The van der Waals surface area contributed by atoms with E-state index in [0.717, 1.165) is 12.3 Å². The predicted molar refractivity (Wildman–Crippen MR) is 85.9 cm³/mol. The molecule has 0 aromatic heterocycles. The van der Waals surface area contributed by atoms with Gasteiger partial charge in [0.15, 0.2) is 0 Å². The van der Waals surface area contributed by atoms with Gasteiger partial charge in [0, 0.05) is 6.04 Å². The SMILES string of the molecule is CC1CCCN(CCC2CCCC2(C#N)NC2CC2)CC1. The van der Waals surface area contributed by atoms with Crippen LogP contribution in [0.2, 0.25) is 0 Å². The number of nitrogens with one attached hydrogen (secondary N) is 1. The summed E-state index contributed by atoms with van der Waals surface area (Å²) < 4.78 is 0. The first-order valence-corrected chi connectivity index (χ1v) is 9.13. The smallest absolute Gasteiger partial charge is 0.109 e. The molecule has 3 rings (SSSR count). The highest BCUT2D eigenvalue weighted by atomic mass is 15.1. The lowest BCUT2D eigenvalue weighted by atomic mass is 9.85. The van der Waals surface area contributed by atoms with Crippen molar-refractivity contribution in [2.75, 3.05) is 19.6 Å². The molecule has 1 saturated heterocycles. The molecular formula is C18H31N3. The quantitative estimate of drug-likeness (QED) is 0.844. The molecule has 0 aromatic carbocycles. The molecule has 2 saturated carbocycles. The van der Waals surface area contributed by atoms with Crippen molar-refractivity contribution in [1.29, 1.82) is 5.26 Å². The third kappa shape index (κ3) is 3.79. The van der Waals surface area contributed by atoms with Crippen LogP contribution >= 0.6 is 0 Å². The molecule has 0 spiro atoms. The van der Waals surface area contributed by atoms with Crippen LogP contribution in [-0.2, 0) is 0 Å². The standard InChI is InChI=1S/C18H31N3/c1-15-4-3-11-21(12-8-15)13-9-16-5-2-10-18(16,14-19)20-17-6-7-17/h15-17,20H,2-13H2,1H3. The van der Waals surface area contributed by atoms with E-state index in [1.807, 2.05) is 0 Å². The lowest BCUT2D eigenvalue weighted by molar-refractivity contribution is 0.225. The van der Waals surface area contributed by atoms with Crippen LogP contribution in [0.5, 0.6) is 0 Å². The lowest BCUT2D eigenvalue weighted by Crippen LogP contribution is -2.49. The van der Waals surface area contributed by atoms with Gasteiger partial charge in [-0.25, -0.2) is 0 Å². The summed E-state index contributed by atoms with van der Waals surface area (Å²) in [5, 5.41) is 13.4. The fourth-order valence-corrected chi connectivity index (χ4v) is 4.31. The van der Waals surface area contributed by atoms with Crippen LogP contribution in [0.1, 0.15) is 64.7 Å². The summed E-state index contributed by atoms with van der Waals surface area (Å²) in [4.78, 5) is 2.65. The Kier molecular flexibility index (Phi) is 4.86. The van der Waals surface area contributed by atoms with Crippen molar-refractivity contribution in [3.05, 3.63) is 0 Å². The molecule has 1 N–H and O–H groups in total. The molecule has 1 aliphatic heterocycles. The van der Waals surface area contributed by atoms with E-state index in [9.17, 15) is 5.26 Å². The van der Waals surface area contributed by atoms with Gasteiger partial charge in [-0.15, -0.1) is 0 Å². The fraction of sp³-hybridized carbons (Fsp3) is 0.944. The Bertz CT molecular complexity index is 384. The van der Waals surface area contributed by atoms with Gasteiger partial charge in [0.05, 0.1) is 6.07 Å². The summed E-state index contributed by atoms with van der Waals surface area (Å²) >= 11 is 0. The van der Waals surface area contributed by atoms with E-state index < -0.39 is 0 Å². The van der Waals surface area contributed by atoms with Gasteiger partial charge in [-0.1, -0.05) is 13.3 Å². The minimum atomic E-state index is -0.194. The third-order valence-electron chi connectivity index (χ3n) is 5.96. The summed E-state index contributed by atoms with van der Waals surface area (Å²) in [5.74, 6) is 1.47. The number of nitrogens with zero attached hydrogens (tertiary/aromatic N) is 2. The van der Waals surface area contributed by atoms with Crippen LogP contribution in [0.4, 0.5) is 0 Å². The number of nitriles is 1. The number of rotatable bonds is 5. The first-order valence-electron chi connectivity index (χ1n) is 9.13. The van der Waals surface area contributed by atoms with Crippen molar-refractivity contribution in [2.24, 2.45) is 11.8 Å². The zero-order chi connectivity index (χ0) is 14.7. The van der Waals surface area contributed by atoms with Gasteiger partial charge < -0.3 is 4.90 Å². The summed E-state index contributed by atoms with van der Waals surface area (Å²) in [7, 11) is 0. The predicted octanol–water partition coefficient (Wildman–Crippen LogP) is 3.31. The first-order chi connectivity index (χ1) is 10.2. The average Bonchev–Trinajstić information content (AvgIpc) is 3.24. The molecule has 3 atom stereocenters. The maximum absolute atomic E-state index is 9.75. The second-order valence-corrected chi connectivity index (χ2v) is 7.76. The Morgan fingerprint density at radius 1 is 1.14 bits per heavy atom. The number of hydrogen-bond acceptors (Lipinski definition) is 3. The minimum Gasteiger partial charge on any atom is -0.303 e. The van der Waals surface area contributed by atoms with Crippen molar-refractivity contribution in [2.45, 2.75) is 76.3 Å². The van der Waals surface area contributed by atoms with Crippen LogP contribution in [0.25, 0.3) is 0 Å². The lowest BCUT2D eigenvalue weighted by Gasteiger charge is -2.32. The summed E-state index contributed by atoms with van der Waals surface area (Å²) in [6.45, 7) is 6.13. The Morgan fingerprint density at radius 2 is 2.00 bits per heavy atom. The summed E-state index contributed by atoms with van der Waals surface area (Å²) in [6.07, 6.45) is 11.4. The van der Waals surface area contributed by atoms with Crippen LogP contribution in [0.3, 0.4) is 0 Å². The first kappa shape index (κ1) is 15.3. The average molecular weight is 289 g/mol. The molecule has 21 heavy (non-hydrogen) atoms. The molecule has 0 aromatic rings. The largest absolute Gasteiger partial charge is 0.303 e. The summed E-state index contributed by atoms with van der Waals surface area (Å²) in [5.41, 5.74) is -0.194. The second kappa shape index (κ2) is 6.67. The van der Waals surface area contributed by atoms with E-state index in [0.29, 0.717) is 12.0 Å². The Hall–Kier alpha value is -0.590. The topological polar surface area (TPSA) is 39.1 Å².